The molecule has 1 atom stereocenters. The average Bonchev–Trinajstić information content (AvgIpc) is 3.57. The number of imidazole rings is 1. The molecule has 0 spiro atoms. The van der Waals surface area contributed by atoms with Crippen LogP contribution in [0.3, 0.4) is 0 Å². The fourth-order valence-corrected chi connectivity index (χ4v) is 6.48. The average molecular weight is 512 g/mol. The van der Waals surface area contributed by atoms with Crippen molar-refractivity contribution in [3.05, 3.63) is 174 Å². The highest BCUT2D eigenvalue weighted by Gasteiger charge is 2.47. The molecule has 7 aromatic rings. The van der Waals surface area contributed by atoms with E-state index in [9.17, 15) is 0 Å². The Morgan fingerprint density at radius 3 is 2.08 bits per heavy atom. The van der Waals surface area contributed by atoms with E-state index < -0.39 is 5.41 Å². The Kier molecular flexibility index (Phi) is 5.04. The van der Waals surface area contributed by atoms with E-state index in [-0.39, 0.29) is 0 Å². The van der Waals surface area contributed by atoms with Crippen LogP contribution in [0.2, 0.25) is 0 Å². The molecular weight excluding hydrogens is 486 g/mol. The first-order chi connectivity index (χ1) is 19.9. The van der Waals surface area contributed by atoms with Gasteiger partial charge in [0.05, 0.1) is 22.1 Å². The number of aromatic nitrogens is 3. The lowest BCUT2D eigenvalue weighted by Gasteiger charge is -2.32. The zero-order valence-corrected chi connectivity index (χ0v) is 21.8. The lowest BCUT2D eigenvalue weighted by atomic mass is 9.69. The zero-order chi connectivity index (χ0) is 26.5. The summed E-state index contributed by atoms with van der Waals surface area (Å²) in [7, 11) is 0. The number of benzene rings is 5. The topological polar surface area (TPSA) is 30.7 Å². The summed E-state index contributed by atoms with van der Waals surface area (Å²) in [4.78, 5) is 10.2. The molecule has 0 N–H and O–H groups in total. The Labute approximate surface area is 233 Å². The predicted molar refractivity (Wildman–Crippen MR) is 162 cm³/mol. The maximum Gasteiger partial charge on any atom is 0.145 e. The van der Waals surface area contributed by atoms with E-state index in [1.807, 2.05) is 12.3 Å². The number of hydrogen-bond donors (Lipinski definition) is 0. The van der Waals surface area contributed by atoms with Crippen molar-refractivity contribution in [3.8, 4) is 28.2 Å². The number of para-hydroxylation sites is 3. The minimum Gasteiger partial charge on any atom is -0.292 e. The van der Waals surface area contributed by atoms with Crippen LogP contribution in [0.25, 0.3) is 39.2 Å². The minimum atomic E-state index is -0.548. The van der Waals surface area contributed by atoms with Crippen molar-refractivity contribution in [1.82, 2.24) is 14.5 Å². The molecule has 0 aliphatic heterocycles. The highest BCUT2D eigenvalue weighted by molar-refractivity contribution is 5.89. The van der Waals surface area contributed by atoms with Crippen LogP contribution in [0.15, 0.2) is 152 Å². The maximum atomic E-state index is 5.17. The second-order valence-electron chi connectivity index (χ2n) is 10.2. The maximum absolute atomic E-state index is 5.17. The third kappa shape index (κ3) is 3.18. The molecular formula is C37H25N3. The third-order valence-corrected chi connectivity index (χ3v) is 8.13. The highest BCUT2D eigenvalue weighted by atomic mass is 15.1. The molecule has 1 unspecified atom stereocenters. The molecule has 188 valence electrons. The lowest BCUT2D eigenvalue weighted by Crippen LogP contribution is -2.29. The summed E-state index contributed by atoms with van der Waals surface area (Å²) in [5, 5.41) is 0. The Balaban J connectivity index is 1.46. The Morgan fingerprint density at radius 2 is 1.25 bits per heavy atom. The molecule has 0 saturated carbocycles. The van der Waals surface area contributed by atoms with Gasteiger partial charge in [-0.3, -0.25) is 9.55 Å². The summed E-state index contributed by atoms with van der Waals surface area (Å²) < 4.78 is 2.27. The molecule has 1 aliphatic rings. The van der Waals surface area contributed by atoms with E-state index in [0.717, 1.165) is 33.8 Å². The first-order valence-electron chi connectivity index (χ1n) is 13.6. The quantitative estimate of drug-likeness (QED) is 0.237. The van der Waals surface area contributed by atoms with Crippen LogP contribution in [-0.2, 0) is 5.41 Å². The first kappa shape index (κ1) is 22.7. The molecule has 8 rings (SSSR count). The van der Waals surface area contributed by atoms with Gasteiger partial charge in [-0.15, -0.1) is 0 Å². The van der Waals surface area contributed by atoms with E-state index in [4.69, 9.17) is 9.97 Å². The second-order valence-corrected chi connectivity index (χ2v) is 10.2. The summed E-state index contributed by atoms with van der Waals surface area (Å²) in [5.74, 6) is 0.925. The summed E-state index contributed by atoms with van der Waals surface area (Å²) in [6.45, 7) is 0. The van der Waals surface area contributed by atoms with Gasteiger partial charge in [0.2, 0.25) is 0 Å². The molecule has 0 fully saturated rings. The van der Waals surface area contributed by atoms with Crippen LogP contribution in [0.4, 0.5) is 0 Å². The summed E-state index contributed by atoms with van der Waals surface area (Å²) in [6.07, 6.45) is 1.90. The summed E-state index contributed by atoms with van der Waals surface area (Å²) in [6, 6.07) is 51.5. The monoisotopic (exact) mass is 511 g/mol. The molecule has 3 nitrogen and oxygen atoms in total. The SMILES string of the molecule is c1ccc(-n2c(-c3ccc4c(c3)C(c3ccccc3)(c3ccccn3)c3ccccc3-4)nc3ccccc32)cc1. The van der Waals surface area contributed by atoms with Gasteiger partial charge >= 0.3 is 0 Å². The van der Waals surface area contributed by atoms with E-state index in [1.165, 1.54) is 27.8 Å². The van der Waals surface area contributed by atoms with Crippen molar-refractivity contribution < 1.29 is 0 Å². The highest BCUT2D eigenvalue weighted by Crippen LogP contribution is 2.56. The van der Waals surface area contributed by atoms with Gasteiger partial charge in [-0.1, -0.05) is 103 Å². The lowest BCUT2D eigenvalue weighted by molar-refractivity contribution is 0.735. The van der Waals surface area contributed by atoms with Crippen molar-refractivity contribution in [3.63, 3.8) is 0 Å². The molecule has 0 saturated heterocycles. The summed E-state index contributed by atoms with van der Waals surface area (Å²) in [5.41, 5.74) is 10.9. The third-order valence-electron chi connectivity index (χ3n) is 8.13. The van der Waals surface area contributed by atoms with Crippen molar-refractivity contribution in [2.24, 2.45) is 0 Å². The van der Waals surface area contributed by atoms with Crippen LogP contribution in [0.1, 0.15) is 22.4 Å². The molecule has 2 aromatic heterocycles. The number of nitrogens with zero attached hydrogens (tertiary/aromatic N) is 3. The van der Waals surface area contributed by atoms with E-state index in [2.05, 4.69) is 144 Å². The Bertz CT molecular complexity index is 1950. The molecule has 3 heteroatoms. The van der Waals surface area contributed by atoms with E-state index in [0.29, 0.717) is 0 Å². The Morgan fingerprint density at radius 1 is 0.550 bits per heavy atom. The molecule has 0 amide bonds. The van der Waals surface area contributed by atoms with Gasteiger partial charge in [-0.2, -0.15) is 0 Å². The standard InChI is InChI=1S/C37H25N3/c1-3-13-27(14-4-1)37(35-21-11-12-24-38-35)31-18-8-7-17-29(31)30-23-22-26(25-32(30)37)36-39-33-19-9-10-20-34(33)40(36)28-15-5-2-6-16-28/h1-25H. The molecule has 2 heterocycles. The zero-order valence-electron chi connectivity index (χ0n) is 21.8. The van der Waals surface area contributed by atoms with Crippen LogP contribution in [0, 0.1) is 0 Å². The van der Waals surface area contributed by atoms with Gasteiger partial charge in [-0.05, 0) is 70.3 Å². The number of rotatable bonds is 4. The van der Waals surface area contributed by atoms with Gasteiger partial charge in [0.1, 0.15) is 5.82 Å². The molecule has 1 aliphatic carbocycles. The van der Waals surface area contributed by atoms with E-state index in [1.54, 1.807) is 0 Å². The predicted octanol–water partition coefficient (Wildman–Crippen LogP) is 8.45. The van der Waals surface area contributed by atoms with Crippen LogP contribution in [0.5, 0.6) is 0 Å². The van der Waals surface area contributed by atoms with Crippen LogP contribution >= 0.6 is 0 Å². The van der Waals surface area contributed by atoms with Gasteiger partial charge in [0.15, 0.2) is 0 Å². The van der Waals surface area contributed by atoms with Crippen molar-refractivity contribution in [1.29, 1.82) is 0 Å². The fraction of sp³-hybridized carbons (Fsp3) is 0.0270. The van der Waals surface area contributed by atoms with Crippen molar-refractivity contribution in [2.75, 3.05) is 0 Å². The Hall–Kier alpha value is -5.28. The largest absolute Gasteiger partial charge is 0.292 e. The first-order valence-corrected chi connectivity index (χ1v) is 13.6. The molecule has 0 radical (unpaired) electrons. The fourth-order valence-electron chi connectivity index (χ4n) is 6.48. The van der Waals surface area contributed by atoms with Crippen LogP contribution in [-0.4, -0.2) is 14.5 Å². The van der Waals surface area contributed by atoms with Gasteiger partial charge in [0, 0.05) is 17.4 Å². The van der Waals surface area contributed by atoms with Gasteiger partial charge in [0.25, 0.3) is 0 Å². The normalized spacial score (nSPS) is 15.6. The molecule has 5 aromatic carbocycles. The van der Waals surface area contributed by atoms with Gasteiger partial charge < -0.3 is 0 Å². The number of pyridine rings is 1. The molecule has 40 heavy (non-hydrogen) atoms. The minimum absolute atomic E-state index is 0.548. The van der Waals surface area contributed by atoms with Gasteiger partial charge in [-0.25, -0.2) is 4.98 Å². The second kappa shape index (κ2) is 8.89. The van der Waals surface area contributed by atoms with Crippen molar-refractivity contribution >= 4 is 11.0 Å². The van der Waals surface area contributed by atoms with E-state index >= 15 is 0 Å². The molecule has 0 bridgehead atoms. The summed E-state index contributed by atoms with van der Waals surface area (Å²) >= 11 is 0. The number of hydrogen-bond acceptors (Lipinski definition) is 2. The smallest absolute Gasteiger partial charge is 0.145 e. The van der Waals surface area contributed by atoms with Crippen LogP contribution < -0.4 is 0 Å². The number of fused-ring (bicyclic) bond motifs is 4. The van der Waals surface area contributed by atoms with Crippen molar-refractivity contribution in [2.45, 2.75) is 5.41 Å².